The third kappa shape index (κ3) is 5.28. The molecule has 0 aliphatic carbocycles. The number of halogens is 1. The summed E-state index contributed by atoms with van der Waals surface area (Å²) < 4.78 is 0. The highest BCUT2D eigenvalue weighted by molar-refractivity contribution is 8.00. The summed E-state index contributed by atoms with van der Waals surface area (Å²) in [6, 6.07) is 13.0. The fourth-order valence-corrected chi connectivity index (χ4v) is 3.08. The largest absolute Gasteiger partial charge is 0.346 e. The molecule has 126 valence electrons. The minimum atomic E-state index is -0.250. The second-order valence-electron chi connectivity index (χ2n) is 5.29. The van der Waals surface area contributed by atoms with Gasteiger partial charge in [-0.25, -0.2) is 0 Å². The molecule has 2 amide bonds. The number of aryl methyl sites for hydroxylation is 1. The van der Waals surface area contributed by atoms with E-state index in [9.17, 15) is 9.59 Å². The molecule has 0 atom stereocenters. The standard InChI is InChI=1S/C18H19ClN2O2S/c1-12-6-5-8-15(13(12)2)21-17(22)10-20-18(23)11-24-16-9-4-3-7-14(16)19/h3-9H,10-11H2,1-2H3,(H,20,23)(H,21,22). The Morgan fingerprint density at radius 3 is 2.54 bits per heavy atom. The average molecular weight is 363 g/mol. The van der Waals surface area contributed by atoms with Gasteiger partial charge in [-0.05, 0) is 43.2 Å². The van der Waals surface area contributed by atoms with Gasteiger partial charge in [0.15, 0.2) is 0 Å². The number of hydrogen-bond donors (Lipinski definition) is 2. The number of rotatable bonds is 6. The Kier molecular flexibility index (Phi) is 6.70. The molecule has 4 nitrogen and oxygen atoms in total. The highest BCUT2D eigenvalue weighted by Gasteiger charge is 2.09. The van der Waals surface area contributed by atoms with Crippen molar-refractivity contribution in [2.45, 2.75) is 18.7 Å². The topological polar surface area (TPSA) is 58.2 Å². The fraction of sp³-hybridized carbons (Fsp3) is 0.222. The number of carbonyl (C=O) groups is 2. The fourth-order valence-electron chi connectivity index (χ4n) is 2.02. The minimum Gasteiger partial charge on any atom is -0.346 e. The number of amides is 2. The molecule has 0 unspecified atom stereocenters. The van der Waals surface area contributed by atoms with Crippen LogP contribution in [0.4, 0.5) is 5.69 Å². The van der Waals surface area contributed by atoms with E-state index in [0.29, 0.717) is 5.02 Å². The quantitative estimate of drug-likeness (QED) is 0.768. The maximum absolute atomic E-state index is 12.0. The smallest absolute Gasteiger partial charge is 0.243 e. The van der Waals surface area contributed by atoms with Crippen molar-refractivity contribution in [2.75, 3.05) is 17.6 Å². The Hall–Kier alpha value is -1.98. The van der Waals surface area contributed by atoms with Gasteiger partial charge < -0.3 is 10.6 Å². The molecule has 0 spiro atoms. The normalized spacial score (nSPS) is 10.3. The third-order valence-electron chi connectivity index (χ3n) is 3.52. The number of thioether (sulfide) groups is 1. The zero-order chi connectivity index (χ0) is 17.5. The van der Waals surface area contributed by atoms with Crippen LogP contribution in [0.25, 0.3) is 0 Å². The molecule has 0 aliphatic rings. The van der Waals surface area contributed by atoms with E-state index in [1.54, 1.807) is 6.07 Å². The highest BCUT2D eigenvalue weighted by atomic mass is 35.5. The van der Waals surface area contributed by atoms with Crippen LogP contribution in [0.3, 0.4) is 0 Å². The zero-order valence-corrected chi connectivity index (χ0v) is 15.1. The van der Waals surface area contributed by atoms with Crippen molar-refractivity contribution in [1.29, 1.82) is 0 Å². The maximum atomic E-state index is 12.0. The number of hydrogen-bond acceptors (Lipinski definition) is 3. The first kappa shape index (κ1) is 18.4. The Morgan fingerprint density at radius 2 is 1.79 bits per heavy atom. The highest BCUT2D eigenvalue weighted by Crippen LogP contribution is 2.26. The van der Waals surface area contributed by atoms with Crippen LogP contribution in [0.2, 0.25) is 5.02 Å². The lowest BCUT2D eigenvalue weighted by Gasteiger charge is -2.11. The van der Waals surface area contributed by atoms with Crippen LogP contribution in [0.5, 0.6) is 0 Å². The molecule has 2 aromatic carbocycles. The first-order chi connectivity index (χ1) is 11.5. The second kappa shape index (κ2) is 8.76. The second-order valence-corrected chi connectivity index (χ2v) is 6.72. The maximum Gasteiger partial charge on any atom is 0.243 e. The van der Waals surface area contributed by atoms with Crippen LogP contribution < -0.4 is 10.6 Å². The van der Waals surface area contributed by atoms with E-state index in [1.165, 1.54) is 11.8 Å². The monoisotopic (exact) mass is 362 g/mol. The van der Waals surface area contributed by atoms with E-state index in [1.807, 2.05) is 50.2 Å². The third-order valence-corrected chi connectivity index (χ3v) is 5.04. The van der Waals surface area contributed by atoms with E-state index in [4.69, 9.17) is 11.6 Å². The Balaban J connectivity index is 1.78. The van der Waals surface area contributed by atoms with Crippen molar-refractivity contribution in [3.63, 3.8) is 0 Å². The molecule has 0 aliphatic heterocycles. The van der Waals surface area contributed by atoms with E-state index in [-0.39, 0.29) is 24.1 Å². The van der Waals surface area contributed by atoms with Crippen LogP contribution in [-0.4, -0.2) is 24.1 Å². The summed E-state index contributed by atoms with van der Waals surface area (Å²) >= 11 is 7.38. The van der Waals surface area contributed by atoms with Gasteiger partial charge in [0.25, 0.3) is 0 Å². The summed E-state index contributed by atoms with van der Waals surface area (Å²) in [5.74, 6) is -0.253. The summed E-state index contributed by atoms with van der Waals surface area (Å²) in [5.41, 5.74) is 2.89. The summed E-state index contributed by atoms with van der Waals surface area (Å²) in [6.45, 7) is 3.87. The molecule has 2 N–H and O–H groups in total. The van der Waals surface area contributed by atoms with Gasteiger partial charge in [0.1, 0.15) is 0 Å². The molecule has 2 aromatic rings. The average Bonchev–Trinajstić information content (AvgIpc) is 2.56. The molecular weight excluding hydrogens is 344 g/mol. The van der Waals surface area contributed by atoms with E-state index in [2.05, 4.69) is 10.6 Å². The van der Waals surface area contributed by atoms with Crippen LogP contribution in [0.1, 0.15) is 11.1 Å². The minimum absolute atomic E-state index is 0.0602. The molecule has 2 rings (SSSR count). The molecule has 0 bridgehead atoms. The molecule has 0 saturated heterocycles. The van der Waals surface area contributed by atoms with E-state index in [0.717, 1.165) is 21.7 Å². The van der Waals surface area contributed by atoms with Gasteiger partial charge in [-0.15, -0.1) is 11.8 Å². The van der Waals surface area contributed by atoms with Crippen LogP contribution >= 0.6 is 23.4 Å². The molecule has 0 fully saturated rings. The summed E-state index contributed by atoms with van der Waals surface area (Å²) in [7, 11) is 0. The molecule has 0 heterocycles. The van der Waals surface area contributed by atoms with Gasteiger partial charge in [0, 0.05) is 10.6 Å². The Bertz CT molecular complexity index is 750. The van der Waals surface area contributed by atoms with Crippen molar-refractivity contribution in [2.24, 2.45) is 0 Å². The first-order valence-electron chi connectivity index (χ1n) is 7.47. The van der Waals surface area contributed by atoms with Gasteiger partial charge in [-0.2, -0.15) is 0 Å². The summed E-state index contributed by atoms with van der Waals surface area (Å²) in [4.78, 5) is 24.6. The first-order valence-corrected chi connectivity index (χ1v) is 8.84. The van der Waals surface area contributed by atoms with Gasteiger partial charge in [0.2, 0.25) is 11.8 Å². The Morgan fingerprint density at radius 1 is 1.04 bits per heavy atom. The van der Waals surface area contributed by atoms with Crippen LogP contribution in [-0.2, 0) is 9.59 Å². The lowest BCUT2D eigenvalue weighted by atomic mass is 10.1. The lowest BCUT2D eigenvalue weighted by molar-refractivity contribution is -0.122. The number of carbonyl (C=O) groups excluding carboxylic acids is 2. The van der Waals surface area contributed by atoms with E-state index < -0.39 is 0 Å². The zero-order valence-electron chi connectivity index (χ0n) is 13.6. The van der Waals surface area contributed by atoms with Gasteiger partial charge in [-0.1, -0.05) is 35.9 Å². The van der Waals surface area contributed by atoms with Gasteiger partial charge in [-0.3, -0.25) is 9.59 Å². The number of benzene rings is 2. The molecule has 6 heteroatoms. The van der Waals surface area contributed by atoms with Crippen LogP contribution in [0, 0.1) is 13.8 Å². The summed E-state index contributed by atoms with van der Waals surface area (Å²) in [6.07, 6.45) is 0. The predicted molar refractivity (Wildman–Crippen MR) is 99.7 cm³/mol. The molecular formula is C18H19ClN2O2S. The number of nitrogens with one attached hydrogen (secondary N) is 2. The number of anilines is 1. The van der Waals surface area contributed by atoms with Crippen molar-refractivity contribution in [3.05, 3.63) is 58.6 Å². The van der Waals surface area contributed by atoms with Crippen molar-refractivity contribution < 1.29 is 9.59 Å². The predicted octanol–water partition coefficient (Wildman–Crippen LogP) is 3.80. The van der Waals surface area contributed by atoms with Gasteiger partial charge >= 0.3 is 0 Å². The molecule has 24 heavy (non-hydrogen) atoms. The molecule has 0 aromatic heterocycles. The van der Waals surface area contributed by atoms with E-state index >= 15 is 0 Å². The van der Waals surface area contributed by atoms with Crippen molar-refractivity contribution in [3.8, 4) is 0 Å². The Labute approximate surface area is 151 Å². The van der Waals surface area contributed by atoms with Crippen molar-refractivity contribution >= 4 is 40.9 Å². The molecule has 0 radical (unpaired) electrons. The SMILES string of the molecule is Cc1cccc(NC(=O)CNC(=O)CSc2ccccc2Cl)c1C. The lowest BCUT2D eigenvalue weighted by Crippen LogP contribution is -2.34. The van der Waals surface area contributed by atoms with Gasteiger partial charge in [0.05, 0.1) is 17.3 Å². The van der Waals surface area contributed by atoms with Crippen LogP contribution in [0.15, 0.2) is 47.4 Å². The summed E-state index contributed by atoms with van der Waals surface area (Å²) in [5, 5.41) is 6.03. The van der Waals surface area contributed by atoms with Crippen molar-refractivity contribution in [1.82, 2.24) is 5.32 Å². The molecule has 0 saturated carbocycles.